The third-order valence-electron chi connectivity index (χ3n) is 2.31. The van der Waals surface area contributed by atoms with Crippen molar-refractivity contribution in [2.75, 3.05) is 13.1 Å². The monoisotopic (exact) mass is 232 g/mol. The van der Waals surface area contributed by atoms with Crippen LogP contribution in [0.25, 0.3) is 11.0 Å². The Labute approximate surface area is 99.1 Å². The first kappa shape index (κ1) is 11.4. The van der Waals surface area contributed by atoms with Crippen LogP contribution in [0.2, 0.25) is 0 Å². The number of guanidine groups is 1. The van der Waals surface area contributed by atoms with E-state index in [1.807, 2.05) is 24.3 Å². The van der Waals surface area contributed by atoms with Crippen LogP contribution in [0.5, 0.6) is 0 Å². The second-order valence-corrected chi connectivity index (χ2v) is 3.68. The Hall–Kier alpha value is -2.08. The lowest BCUT2D eigenvalue weighted by atomic mass is 10.3. The van der Waals surface area contributed by atoms with Crippen LogP contribution in [0.15, 0.2) is 29.3 Å². The summed E-state index contributed by atoms with van der Waals surface area (Å²) in [5.74, 6) is 1.03. The largest absolute Gasteiger partial charge is 0.370 e. The molecule has 0 aliphatic rings. The number of para-hydroxylation sites is 2. The van der Waals surface area contributed by atoms with Crippen LogP contribution in [0.1, 0.15) is 5.82 Å². The summed E-state index contributed by atoms with van der Waals surface area (Å²) >= 11 is 0. The first-order chi connectivity index (χ1) is 8.25. The predicted octanol–water partition coefficient (Wildman–Crippen LogP) is -0.0741. The number of hydrogen-bond donors (Lipinski definition) is 4. The summed E-state index contributed by atoms with van der Waals surface area (Å²) in [6.45, 7) is 1.96. The number of H-pyrrole nitrogens is 1. The summed E-state index contributed by atoms with van der Waals surface area (Å²) in [7, 11) is 0. The highest BCUT2D eigenvalue weighted by Gasteiger charge is 2.00. The fourth-order valence-electron chi connectivity index (χ4n) is 1.56. The number of nitrogens with one attached hydrogen (secondary N) is 2. The molecule has 0 amide bonds. The highest BCUT2D eigenvalue weighted by Crippen LogP contribution is 2.09. The lowest BCUT2D eigenvalue weighted by Crippen LogP contribution is -2.25. The molecule has 0 atom stereocenters. The minimum absolute atomic E-state index is 0.121. The minimum atomic E-state index is 0.121. The first-order valence-electron chi connectivity index (χ1n) is 5.45. The molecule has 2 rings (SSSR count). The summed E-state index contributed by atoms with van der Waals surface area (Å²) in [5.41, 5.74) is 12.5. The van der Waals surface area contributed by atoms with Crippen LogP contribution in [0, 0.1) is 0 Å². The van der Waals surface area contributed by atoms with Gasteiger partial charge in [0.1, 0.15) is 5.82 Å². The van der Waals surface area contributed by atoms with E-state index in [1.165, 1.54) is 0 Å². The molecule has 0 spiro atoms. The molecule has 0 unspecified atom stereocenters. The second kappa shape index (κ2) is 5.31. The maximum atomic E-state index is 5.22. The standard InChI is InChI=1S/C11H16N6/c12-11(13)15-6-5-14-7-10-16-8-3-1-2-4-9(8)17-10/h1-4,14H,5-7H2,(H,16,17)(H4,12,13,15). The van der Waals surface area contributed by atoms with Gasteiger partial charge >= 0.3 is 0 Å². The number of nitrogens with zero attached hydrogens (tertiary/aromatic N) is 2. The molecule has 0 bridgehead atoms. The van der Waals surface area contributed by atoms with Gasteiger partial charge in [-0.15, -0.1) is 0 Å². The zero-order valence-electron chi connectivity index (χ0n) is 9.48. The Balaban J connectivity index is 1.85. The smallest absolute Gasteiger partial charge is 0.185 e. The van der Waals surface area contributed by atoms with Crippen molar-refractivity contribution in [1.82, 2.24) is 15.3 Å². The molecule has 0 saturated heterocycles. The maximum absolute atomic E-state index is 5.22. The van der Waals surface area contributed by atoms with Crippen LogP contribution < -0.4 is 16.8 Å². The molecule has 0 saturated carbocycles. The van der Waals surface area contributed by atoms with E-state index in [2.05, 4.69) is 20.3 Å². The summed E-state index contributed by atoms with van der Waals surface area (Å²) in [5, 5.41) is 3.21. The second-order valence-electron chi connectivity index (χ2n) is 3.68. The molecule has 2 aromatic rings. The molecule has 6 heteroatoms. The molecule has 0 aliphatic carbocycles. The Bertz CT molecular complexity index is 478. The molecule has 6 N–H and O–H groups in total. The summed E-state index contributed by atoms with van der Waals surface area (Å²) in [6.07, 6.45) is 0. The van der Waals surface area contributed by atoms with Gasteiger partial charge < -0.3 is 21.8 Å². The topological polar surface area (TPSA) is 105 Å². The van der Waals surface area contributed by atoms with Gasteiger partial charge in [-0.2, -0.15) is 0 Å². The maximum Gasteiger partial charge on any atom is 0.185 e. The number of aliphatic imine (C=N–C) groups is 1. The van der Waals surface area contributed by atoms with Crippen molar-refractivity contribution in [3.63, 3.8) is 0 Å². The molecule has 90 valence electrons. The number of rotatable bonds is 5. The average Bonchev–Trinajstić information content (AvgIpc) is 2.70. The highest BCUT2D eigenvalue weighted by molar-refractivity contribution is 5.75. The van der Waals surface area contributed by atoms with E-state index in [9.17, 15) is 0 Å². The molecule has 0 fully saturated rings. The molecule has 0 aliphatic heterocycles. The number of aromatic amines is 1. The molecule has 0 radical (unpaired) electrons. The molecule has 1 aromatic heterocycles. The van der Waals surface area contributed by atoms with Crippen molar-refractivity contribution < 1.29 is 0 Å². The van der Waals surface area contributed by atoms with E-state index >= 15 is 0 Å². The van der Waals surface area contributed by atoms with Crippen molar-refractivity contribution >= 4 is 17.0 Å². The predicted molar refractivity (Wildman–Crippen MR) is 68.5 cm³/mol. The number of imidazole rings is 1. The van der Waals surface area contributed by atoms with E-state index in [-0.39, 0.29) is 5.96 Å². The quantitative estimate of drug-likeness (QED) is 0.329. The molecule has 17 heavy (non-hydrogen) atoms. The Morgan fingerprint density at radius 1 is 1.35 bits per heavy atom. The van der Waals surface area contributed by atoms with Gasteiger partial charge in [-0.1, -0.05) is 12.1 Å². The Morgan fingerprint density at radius 2 is 2.18 bits per heavy atom. The lowest BCUT2D eigenvalue weighted by Gasteiger charge is -1.99. The normalized spacial score (nSPS) is 10.6. The van der Waals surface area contributed by atoms with E-state index in [1.54, 1.807) is 0 Å². The fourth-order valence-corrected chi connectivity index (χ4v) is 1.56. The fraction of sp³-hybridized carbons (Fsp3) is 0.273. The highest BCUT2D eigenvalue weighted by atomic mass is 15.0. The van der Waals surface area contributed by atoms with Gasteiger partial charge in [0.05, 0.1) is 24.1 Å². The van der Waals surface area contributed by atoms with Crippen LogP contribution in [0.4, 0.5) is 0 Å². The number of benzene rings is 1. The van der Waals surface area contributed by atoms with Crippen molar-refractivity contribution in [1.29, 1.82) is 0 Å². The van der Waals surface area contributed by atoms with Crippen molar-refractivity contribution in [3.8, 4) is 0 Å². The Kier molecular flexibility index (Phi) is 3.56. The molecule has 1 aromatic carbocycles. The zero-order valence-corrected chi connectivity index (χ0v) is 9.48. The zero-order chi connectivity index (χ0) is 12.1. The third kappa shape index (κ3) is 3.18. The van der Waals surface area contributed by atoms with Gasteiger partial charge in [0.25, 0.3) is 0 Å². The van der Waals surface area contributed by atoms with Crippen LogP contribution >= 0.6 is 0 Å². The van der Waals surface area contributed by atoms with E-state index < -0.39 is 0 Å². The Morgan fingerprint density at radius 3 is 2.94 bits per heavy atom. The van der Waals surface area contributed by atoms with E-state index in [0.717, 1.165) is 23.4 Å². The van der Waals surface area contributed by atoms with Gasteiger partial charge in [0, 0.05) is 6.54 Å². The number of hydrogen-bond acceptors (Lipinski definition) is 3. The SMILES string of the molecule is NC(N)=NCCNCc1nc2ccccc2[nH]1. The van der Waals surface area contributed by atoms with Crippen LogP contribution in [-0.4, -0.2) is 29.0 Å². The summed E-state index contributed by atoms with van der Waals surface area (Å²) in [4.78, 5) is 11.6. The minimum Gasteiger partial charge on any atom is -0.370 e. The molecular formula is C11H16N6. The van der Waals surface area contributed by atoms with E-state index in [4.69, 9.17) is 11.5 Å². The average molecular weight is 232 g/mol. The van der Waals surface area contributed by atoms with Crippen molar-refractivity contribution in [2.45, 2.75) is 6.54 Å². The number of fused-ring (bicyclic) bond motifs is 1. The van der Waals surface area contributed by atoms with Gasteiger partial charge in [-0.3, -0.25) is 4.99 Å². The van der Waals surface area contributed by atoms with Gasteiger partial charge in [0.15, 0.2) is 5.96 Å². The lowest BCUT2D eigenvalue weighted by molar-refractivity contribution is 0.674. The van der Waals surface area contributed by atoms with Crippen LogP contribution in [-0.2, 0) is 6.54 Å². The first-order valence-corrected chi connectivity index (χ1v) is 5.45. The van der Waals surface area contributed by atoms with Gasteiger partial charge in [-0.25, -0.2) is 4.98 Å². The summed E-state index contributed by atoms with van der Waals surface area (Å²) in [6, 6.07) is 7.94. The molecular weight excluding hydrogens is 216 g/mol. The summed E-state index contributed by atoms with van der Waals surface area (Å²) < 4.78 is 0. The number of aromatic nitrogens is 2. The van der Waals surface area contributed by atoms with Gasteiger partial charge in [0.2, 0.25) is 0 Å². The van der Waals surface area contributed by atoms with E-state index in [0.29, 0.717) is 13.1 Å². The molecule has 6 nitrogen and oxygen atoms in total. The van der Waals surface area contributed by atoms with Crippen molar-refractivity contribution in [2.24, 2.45) is 16.5 Å². The third-order valence-corrected chi connectivity index (χ3v) is 2.31. The van der Waals surface area contributed by atoms with Gasteiger partial charge in [-0.05, 0) is 12.1 Å². The van der Waals surface area contributed by atoms with Crippen molar-refractivity contribution in [3.05, 3.63) is 30.1 Å². The number of nitrogens with two attached hydrogens (primary N) is 2. The van der Waals surface area contributed by atoms with Crippen LogP contribution in [0.3, 0.4) is 0 Å². The molecule has 1 heterocycles.